The van der Waals surface area contributed by atoms with Gasteiger partial charge < -0.3 is 19.9 Å². The van der Waals surface area contributed by atoms with Gasteiger partial charge in [-0.15, -0.1) is 0 Å². The number of anilines is 2. The third-order valence-corrected chi connectivity index (χ3v) is 7.98. The van der Waals surface area contributed by atoms with Crippen molar-refractivity contribution in [2.75, 3.05) is 24.4 Å². The van der Waals surface area contributed by atoms with E-state index < -0.39 is 26.1 Å². The standard InChI is InChI=1S/C24H33ClN4O6Si/c1-34-24(33)26-15-9-10-16-18(13-15)27-19(30)8-6-5-7-17(23(31)32)22-28-20(16)21(25)29(22)14-35-11-12-36(2,3)4/h9-10,13,17H,5-8,11-12,14H2,1-4H3,(H,26,33)(H,27,30)(H,31,32). The number of fused-ring (bicyclic) bond motifs is 4. The quantitative estimate of drug-likeness (QED) is 0.320. The lowest BCUT2D eigenvalue weighted by atomic mass is 10.00. The average molecular weight is 537 g/mol. The Labute approximate surface area is 216 Å². The minimum atomic E-state index is -1.32. The Hall–Kier alpha value is -2.89. The van der Waals surface area contributed by atoms with Crippen LogP contribution in [0.25, 0.3) is 11.3 Å². The number of halogens is 1. The van der Waals surface area contributed by atoms with Crippen molar-refractivity contribution < 1.29 is 29.0 Å². The molecule has 0 spiro atoms. The van der Waals surface area contributed by atoms with Gasteiger partial charge in [0.15, 0.2) is 0 Å². The van der Waals surface area contributed by atoms with Crippen LogP contribution in [0.3, 0.4) is 0 Å². The van der Waals surface area contributed by atoms with Crippen LogP contribution < -0.4 is 10.6 Å². The molecule has 3 N–H and O–H groups in total. The van der Waals surface area contributed by atoms with Crippen molar-refractivity contribution in [3.8, 4) is 11.3 Å². The van der Waals surface area contributed by atoms with Crippen LogP contribution in [0.2, 0.25) is 30.8 Å². The third-order valence-electron chi connectivity index (χ3n) is 5.89. The van der Waals surface area contributed by atoms with Crippen LogP contribution in [0.1, 0.15) is 37.4 Å². The highest BCUT2D eigenvalue weighted by Gasteiger charge is 2.30. The first-order valence-corrected chi connectivity index (χ1v) is 15.9. The monoisotopic (exact) mass is 536 g/mol. The molecule has 0 radical (unpaired) electrons. The molecule has 10 nitrogen and oxygen atoms in total. The predicted octanol–water partition coefficient (Wildman–Crippen LogP) is 5.37. The smallest absolute Gasteiger partial charge is 0.411 e. The van der Waals surface area contributed by atoms with E-state index >= 15 is 0 Å². The molecule has 2 heterocycles. The maximum Gasteiger partial charge on any atom is 0.411 e. The van der Waals surface area contributed by atoms with E-state index in [0.717, 1.165) is 6.04 Å². The fraction of sp³-hybridized carbons (Fsp3) is 0.500. The van der Waals surface area contributed by atoms with E-state index in [2.05, 4.69) is 40.0 Å². The number of amides is 2. The van der Waals surface area contributed by atoms with Gasteiger partial charge in [-0.3, -0.25) is 19.5 Å². The van der Waals surface area contributed by atoms with E-state index in [4.69, 9.17) is 16.3 Å². The fourth-order valence-electron chi connectivity index (χ4n) is 3.85. The molecule has 0 aliphatic carbocycles. The van der Waals surface area contributed by atoms with Crippen molar-refractivity contribution in [3.05, 3.63) is 29.2 Å². The normalized spacial score (nSPS) is 16.2. The van der Waals surface area contributed by atoms with Gasteiger partial charge in [0, 0.05) is 32.4 Å². The highest BCUT2D eigenvalue weighted by atomic mass is 35.5. The minimum absolute atomic E-state index is 0.0686. The molecule has 1 aliphatic heterocycles. The summed E-state index contributed by atoms with van der Waals surface area (Å²) in [5, 5.41) is 15.7. The van der Waals surface area contributed by atoms with E-state index in [-0.39, 0.29) is 24.2 Å². The molecule has 0 saturated carbocycles. The second-order valence-electron chi connectivity index (χ2n) is 9.95. The number of imidazole rings is 1. The Bertz CT molecular complexity index is 1130. The van der Waals surface area contributed by atoms with Crippen molar-refractivity contribution in [3.63, 3.8) is 0 Å². The summed E-state index contributed by atoms with van der Waals surface area (Å²) < 4.78 is 12.2. The Morgan fingerprint density at radius 3 is 2.72 bits per heavy atom. The molecule has 0 fully saturated rings. The zero-order valence-corrected chi connectivity index (χ0v) is 22.8. The molecule has 1 aliphatic rings. The number of hydrogen-bond acceptors (Lipinski definition) is 6. The van der Waals surface area contributed by atoms with Crippen LogP contribution in [0.4, 0.5) is 16.2 Å². The van der Waals surface area contributed by atoms with Crippen LogP contribution >= 0.6 is 11.6 Å². The van der Waals surface area contributed by atoms with Gasteiger partial charge in [0.25, 0.3) is 0 Å². The Kier molecular flexibility index (Phi) is 9.15. The number of carboxylic acid groups (broad SMARTS) is 1. The number of methoxy groups -OCH3 is 1. The third kappa shape index (κ3) is 7.08. The van der Waals surface area contributed by atoms with Gasteiger partial charge in [-0.2, -0.15) is 0 Å². The second kappa shape index (κ2) is 11.9. The lowest BCUT2D eigenvalue weighted by molar-refractivity contribution is -0.139. The first kappa shape index (κ1) is 27.7. The van der Waals surface area contributed by atoms with E-state index in [1.165, 1.54) is 7.11 Å². The average Bonchev–Trinajstić information content (AvgIpc) is 3.11. The Morgan fingerprint density at radius 1 is 1.31 bits per heavy atom. The van der Waals surface area contributed by atoms with Crippen molar-refractivity contribution >= 4 is 49.0 Å². The first-order valence-electron chi connectivity index (χ1n) is 11.9. The maximum absolute atomic E-state index is 12.6. The molecule has 12 heteroatoms. The second-order valence-corrected chi connectivity index (χ2v) is 15.9. The topological polar surface area (TPSA) is 132 Å². The molecule has 3 rings (SSSR count). The van der Waals surface area contributed by atoms with Crippen LogP contribution in [-0.2, 0) is 25.8 Å². The van der Waals surface area contributed by atoms with E-state index in [1.807, 2.05) is 0 Å². The SMILES string of the molecule is COC(=O)Nc1ccc2c(c1)NC(=O)CCCCC(C(=O)O)c1nc-2c(Cl)n1COCC[Si](C)(C)C. The lowest BCUT2D eigenvalue weighted by Gasteiger charge is -2.18. The number of nitrogens with one attached hydrogen (secondary N) is 2. The number of nitrogens with zero attached hydrogens (tertiary/aromatic N) is 2. The fourth-order valence-corrected chi connectivity index (χ4v) is 4.89. The number of rotatable bonds is 7. The number of hydrogen-bond donors (Lipinski definition) is 3. The summed E-state index contributed by atoms with van der Waals surface area (Å²) in [7, 11) is -0.0620. The summed E-state index contributed by atoms with van der Waals surface area (Å²) in [5.41, 5.74) is 1.61. The molecule has 0 saturated heterocycles. The van der Waals surface area contributed by atoms with E-state index in [9.17, 15) is 19.5 Å². The first-order chi connectivity index (χ1) is 17.0. The number of benzene rings is 1. The summed E-state index contributed by atoms with van der Waals surface area (Å²) in [6.45, 7) is 7.35. The predicted molar refractivity (Wildman–Crippen MR) is 140 cm³/mol. The molecule has 2 bridgehead atoms. The Balaban J connectivity index is 2.08. The van der Waals surface area contributed by atoms with Gasteiger partial charge in [0.1, 0.15) is 29.3 Å². The molecule has 2 amide bonds. The lowest BCUT2D eigenvalue weighted by Crippen LogP contribution is -2.23. The van der Waals surface area contributed by atoms with Gasteiger partial charge in [0.05, 0.1) is 12.8 Å². The number of carbonyl (C=O) groups is 3. The number of aliphatic carboxylic acids is 1. The molecule has 1 atom stereocenters. The summed E-state index contributed by atoms with van der Waals surface area (Å²) in [5.74, 6) is -1.83. The highest BCUT2D eigenvalue weighted by molar-refractivity contribution is 6.76. The van der Waals surface area contributed by atoms with E-state index in [0.29, 0.717) is 54.3 Å². The van der Waals surface area contributed by atoms with Crippen LogP contribution in [-0.4, -0.2) is 54.4 Å². The molecular weight excluding hydrogens is 504 g/mol. The molecule has 1 aromatic heterocycles. The van der Waals surface area contributed by atoms with Crippen LogP contribution in [0.5, 0.6) is 0 Å². The zero-order valence-electron chi connectivity index (χ0n) is 21.0. The van der Waals surface area contributed by atoms with Gasteiger partial charge in [0.2, 0.25) is 5.91 Å². The minimum Gasteiger partial charge on any atom is -0.481 e. The number of ether oxygens (including phenoxy) is 2. The Morgan fingerprint density at radius 2 is 2.06 bits per heavy atom. The van der Waals surface area contributed by atoms with Gasteiger partial charge in [-0.05, 0) is 37.1 Å². The molecular formula is C24H33ClN4O6Si. The summed E-state index contributed by atoms with van der Waals surface area (Å²) in [4.78, 5) is 41.2. The van der Waals surface area contributed by atoms with Crippen LogP contribution in [0, 0.1) is 0 Å². The van der Waals surface area contributed by atoms with E-state index in [1.54, 1.807) is 22.8 Å². The number of carbonyl (C=O) groups excluding carboxylic acids is 2. The summed E-state index contributed by atoms with van der Waals surface area (Å²) >= 11 is 6.79. The molecule has 196 valence electrons. The van der Waals surface area contributed by atoms with Gasteiger partial charge >= 0.3 is 12.1 Å². The van der Waals surface area contributed by atoms with Gasteiger partial charge in [-0.1, -0.05) is 37.7 Å². The van der Waals surface area contributed by atoms with Crippen molar-refractivity contribution in [2.45, 2.75) is 64.0 Å². The summed E-state index contributed by atoms with van der Waals surface area (Å²) in [6.07, 6.45) is 0.928. The highest BCUT2D eigenvalue weighted by Crippen LogP contribution is 2.38. The zero-order chi connectivity index (χ0) is 26.5. The largest absolute Gasteiger partial charge is 0.481 e. The number of carboxylic acids is 1. The molecule has 2 aromatic rings. The maximum atomic E-state index is 12.6. The van der Waals surface area contributed by atoms with Crippen molar-refractivity contribution in [1.29, 1.82) is 0 Å². The van der Waals surface area contributed by atoms with Crippen molar-refractivity contribution in [1.82, 2.24) is 9.55 Å². The molecule has 1 aromatic carbocycles. The molecule has 1 unspecified atom stereocenters. The summed E-state index contributed by atoms with van der Waals surface area (Å²) in [6, 6.07) is 5.83. The van der Waals surface area contributed by atoms with Crippen LogP contribution in [0.15, 0.2) is 18.2 Å². The number of aromatic nitrogens is 2. The van der Waals surface area contributed by atoms with Gasteiger partial charge in [-0.25, -0.2) is 9.78 Å². The molecule has 36 heavy (non-hydrogen) atoms. The van der Waals surface area contributed by atoms with Crippen molar-refractivity contribution in [2.24, 2.45) is 0 Å².